The highest BCUT2D eigenvalue weighted by Gasteiger charge is 2.47. The Bertz CT molecular complexity index is 168. The van der Waals surface area contributed by atoms with Crippen LogP contribution in [0.2, 0.25) is 0 Å². The number of rotatable bonds is 1. The van der Waals surface area contributed by atoms with Crippen LogP contribution in [0.1, 0.15) is 26.2 Å². The lowest BCUT2D eigenvalue weighted by Crippen LogP contribution is -2.17. The molecule has 0 N–H and O–H groups in total. The van der Waals surface area contributed by atoms with E-state index in [-0.39, 0.29) is 0 Å². The van der Waals surface area contributed by atoms with Gasteiger partial charge in [0, 0.05) is 18.8 Å². The predicted octanol–water partition coefficient (Wildman–Crippen LogP) is 2.01. The molecule has 0 aromatic heterocycles. The van der Waals surface area contributed by atoms with E-state index in [2.05, 4.69) is 18.4 Å². The molecule has 0 amide bonds. The van der Waals surface area contributed by atoms with Crippen molar-refractivity contribution in [3.63, 3.8) is 0 Å². The summed E-state index contributed by atoms with van der Waals surface area (Å²) in [5.74, 6) is 0. The molecule has 0 aromatic rings. The molecule has 0 radical (unpaired) electrons. The van der Waals surface area contributed by atoms with Crippen molar-refractivity contribution < 1.29 is 0 Å². The van der Waals surface area contributed by atoms with Gasteiger partial charge in [-0.15, -0.1) is 0 Å². The Balaban J connectivity index is 1.99. The van der Waals surface area contributed by atoms with Gasteiger partial charge < -0.3 is 4.90 Å². The molecule has 0 aromatic carbocycles. The van der Waals surface area contributed by atoms with E-state index in [1.165, 1.54) is 38.0 Å². The van der Waals surface area contributed by atoms with Gasteiger partial charge in [-0.3, -0.25) is 0 Å². The molecule has 10 heavy (non-hydrogen) atoms. The van der Waals surface area contributed by atoms with Crippen LogP contribution in [0.4, 0.5) is 0 Å². The zero-order chi connectivity index (χ0) is 7.19. The van der Waals surface area contributed by atoms with Crippen LogP contribution < -0.4 is 0 Å². The summed E-state index contributed by atoms with van der Waals surface area (Å²) in [7, 11) is 0. The van der Waals surface area contributed by atoms with Crippen LogP contribution in [-0.4, -0.2) is 18.0 Å². The van der Waals surface area contributed by atoms with Gasteiger partial charge in [0.2, 0.25) is 0 Å². The van der Waals surface area contributed by atoms with Crippen molar-refractivity contribution in [2.75, 3.05) is 13.1 Å². The van der Waals surface area contributed by atoms with Crippen molar-refractivity contribution in [1.29, 1.82) is 0 Å². The minimum absolute atomic E-state index is 0.763. The molecule has 1 spiro atoms. The van der Waals surface area contributed by atoms with Crippen LogP contribution in [-0.2, 0) is 0 Å². The summed E-state index contributed by atoms with van der Waals surface area (Å²) in [4.78, 5) is 2.42. The van der Waals surface area contributed by atoms with Crippen molar-refractivity contribution >= 4 is 0 Å². The number of hydrogen-bond acceptors (Lipinski definition) is 1. The first-order valence-corrected chi connectivity index (χ1v) is 4.12. The highest BCUT2D eigenvalue weighted by atomic mass is 15.2. The van der Waals surface area contributed by atoms with Crippen LogP contribution >= 0.6 is 0 Å². The third kappa shape index (κ3) is 0.845. The lowest BCUT2D eigenvalue weighted by Gasteiger charge is -2.17. The smallest absolute Gasteiger partial charge is 0.0231 e. The van der Waals surface area contributed by atoms with Crippen molar-refractivity contribution in [1.82, 2.24) is 4.90 Å². The molecular weight excluding hydrogens is 122 g/mol. The third-order valence-corrected chi connectivity index (χ3v) is 2.94. The summed E-state index contributed by atoms with van der Waals surface area (Å²) in [6.45, 7) is 8.62. The maximum absolute atomic E-state index is 3.96. The molecule has 2 aliphatic rings. The largest absolute Gasteiger partial charge is 0.375 e. The van der Waals surface area contributed by atoms with Crippen molar-refractivity contribution in [3.8, 4) is 0 Å². The molecule has 1 nitrogen and oxygen atoms in total. The van der Waals surface area contributed by atoms with Gasteiger partial charge in [-0.25, -0.2) is 0 Å². The monoisotopic (exact) mass is 137 g/mol. The number of nitrogens with zero attached hydrogens (tertiary/aromatic N) is 1. The van der Waals surface area contributed by atoms with E-state index < -0.39 is 0 Å². The topological polar surface area (TPSA) is 3.24 Å². The molecule has 2 rings (SSSR count). The predicted molar refractivity (Wildman–Crippen MR) is 42.7 cm³/mol. The Hall–Kier alpha value is -0.460. The lowest BCUT2D eigenvalue weighted by atomic mass is 10.1. The molecule has 1 aliphatic carbocycles. The molecular formula is C9H15N. The summed E-state index contributed by atoms with van der Waals surface area (Å²) in [5, 5.41) is 0. The molecule has 0 atom stereocenters. The van der Waals surface area contributed by atoms with Crippen LogP contribution in [0.5, 0.6) is 0 Å². The second kappa shape index (κ2) is 1.77. The molecule has 0 bridgehead atoms. The van der Waals surface area contributed by atoms with E-state index in [1.807, 2.05) is 0 Å². The van der Waals surface area contributed by atoms with Gasteiger partial charge in [0.1, 0.15) is 0 Å². The normalized spacial score (nSPS) is 27.5. The summed E-state index contributed by atoms with van der Waals surface area (Å²) in [6.07, 6.45) is 4.35. The SMILES string of the molecule is C=C(C)N1CCC2(CC2)C1. The van der Waals surface area contributed by atoms with Gasteiger partial charge >= 0.3 is 0 Å². The van der Waals surface area contributed by atoms with Crippen LogP contribution in [0, 0.1) is 5.41 Å². The Morgan fingerprint density at radius 1 is 1.40 bits per heavy atom. The average Bonchev–Trinajstić information content (AvgIpc) is 2.41. The second-order valence-electron chi connectivity index (χ2n) is 3.91. The highest BCUT2D eigenvalue weighted by molar-refractivity contribution is 5.05. The maximum atomic E-state index is 3.96. The summed E-state index contributed by atoms with van der Waals surface area (Å²) < 4.78 is 0. The van der Waals surface area contributed by atoms with Gasteiger partial charge in [0.05, 0.1) is 0 Å². The Labute approximate surface area is 62.7 Å². The molecule has 1 saturated heterocycles. The van der Waals surface area contributed by atoms with E-state index in [0.717, 1.165) is 5.41 Å². The fraction of sp³-hybridized carbons (Fsp3) is 0.778. The van der Waals surface area contributed by atoms with Crippen molar-refractivity contribution in [2.24, 2.45) is 5.41 Å². The highest BCUT2D eigenvalue weighted by Crippen LogP contribution is 2.53. The van der Waals surface area contributed by atoms with Crippen molar-refractivity contribution in [3.05, 3.63) is 12.3 Å². The fourth-order valence-electron chi connectivity index (χ4n) is 1.85. The standard InChI is InChI=1S/C9H15N/c1-8(2)10-6-5-9(7-10)3-4-9/h1,3-7H2,2H3. The van der Waals surface area contributed by atoms with Crippen LogP contribution in [0.3, 0.4) is 0 Å². The maximum Gasteiger partial charge on any atom is 0.0231 e. The molecule has 1 saturated carbocycles. The minimum atomic E-state index is 0.763. The molecule has 1 heteroatoms. The lowest BCUT2D eigenvalue weighted by molar-refractivity contribution is 0.400. The van der Waals surface area contributed by atoms with E-state index in [0.29, 0.717) is 0 Å². The molecule has 56 valence electrons. The van der Waals surface area contributed by atoms with Crippen LogP contribution in [0.25, 0.3) is 0 Å². The minimum Gasteiger partial charge on any atom is -0.375 e. The van der Waals surface area contributed by atoms with Gasteiger partial charge in [0.15, 0.2) is 0 Å². The molecule has 0 unspecified atom stereocenters. The van der Waals surface area contributed by atoms with Crippen LogP contribution in [0.15, 0.2) is 12.3 Å². The summed E-state index contributed by atoms with van der Waals surface area (Å²) in [6, 6.07) is 0. The van der Waals surface area contributed by atoms with Gasteiger partial charge in [-0.05, 0) is 31.6 Å². The molecule has 2 fully saturated rings. The number of hydrogen-bond donors (Lipinski definition) is 0. The zero-order valence-corrected chi connectivity index (χ0v) is 6.69. The van der Waals surface area contributed by atoms with Crippen molar-refractivity contribution in [2.45, 2.75) is 26.2 Å². The fourth-order valence-corrected chi connectivity index (χ4v) is 1.85. The second-order valence-corrected chi connectivity index (χ2v) is 3.91. The first-order chi connectivity index (χ1) is 4.72. The van der Waals surface area contributed by atoms with Gasteiger partial charge in [0.25, 0.3) is 0 Å². The quantitative estimate of drug-likeness (QED) is 0.534. The Morgan fingerprint density at radius 3 is 2.40 bits per heavy atom. The first kappa shape index (κ1) is 6.26. The Morgan fingerprint density at radius 2 is 2.10 bits per heavy atom. The van der Waals surface area contributed by atoms with E-state index in [9.17, 15) is 0 Å². The average molecular weight is 137 g/mol. The first-order valence-electron chi connectivity index (χ1n) is 4.12. The molecule has 1 heterocycles. The van der Waals surface area contributed by atoms with Gasteiger partial charge in [-0.1, -0.05) is 6.58 Å². The number of allylic oxidation sites excluding steroid dienone is 1. The Kier molecular flexibility index (Phi) is 1.11. The van der Waals surface area contributed by atoms with E-state index in [1.54, 1.807) is 0 Å². The molecule has 1 aliphatic heterocycles. The van der Waals surface area contributed by atoms with E-state index in [4.69, 9.17) is 0 Å². The zero-order valence-electron chi connectivity index (χ0n) is 6.69. The van der Waals surface area contributed by atoms with Gasteiger partial charge in [-0.2, -0.15) is 0 Å². The summed E-state index contributed by atoms with van der Waals surface area (Å²) in [5.41, 5.74) is 2.02. The summed E-state index contributed by atoms with van der Waals surface area (Å²) >= 11 is 0. The third-order valence-electron chi connectivity index (χ3n) is 2.94. The number of likely N-dealkylation sites (tertiary alicyclic amines) is 1. The van der Waals surface area contributed by atoms with E-state index >= 15 is 0 Å².